The Labute approximate surface area is 103 Å². The van der Waals surface area contributed by atoms with Crippen molar-refractivity contribution in [3.05, 3.63) is 0 Å². The van der Waals surface area contributed by atoms with Gasteiger partial charge in [0.15, 0.2) is 0 Å². The quantitative estimate of drug-likeness (QED) is 0.696. The van der Waals surface area contributed by atoms with Crippen molar-refractivity contribution in [2.24, 2.45) is 11.3 Å². The van der Waals surface area contributed by atoms with E-state index in [0.717, 1.165) is 25.7 Å². The van der Waals surface area contributed by atoms with Gasteiger partial charge in [0.05, 0.1) is 12.4 Å². The van der Waals surface area contributed by atoms with Gasteiger partial charge in [-0.05, 0) is 18.8 Å². The Kier molecular flexibility index (Phi) is 5.08. The summed E-state index contributed by atoms with van der Waals surface area (Å²) in [6, 6.07) is 0. The fraction of sp³-hybridized carbons (Fsp3) is 1.00. The van der Waals surface area contributed by atoms with Crippen LogP contribution in [0.2, 0.25) is 0 Å². The summed E-state index contributed by atoms with van der Waals surface area (Å²) in [6.07, 6.45) is 3.99. The third kappa shape index (κ3) is 5.02. The van der Waals surface area contributed by atoms with Crippen LogP contribution in [0.3, 0.4) is 0 Å². The molecule has 0 radical (unpaired) electrons. The van der Waals surface area contributed by atoms with E-state index < -0.39 is 9.05 Å². The van der Waals surface area contributed by atoms with E-state index in [4.69, 9.17) is 15.4 Å². The number of hydrogen-bond donors (Lipinski definition) is 0. The Balaban J connectivity index is 2.52. The number of halogens is 1. The number of hydrogen-bond acceptors (Lipinski definition) is 3. The van der Waals surface area contributed by atoms with Crippen LogP contribution in [-0.2, 0) is 13.8 Å². The van der Waals surface area contributed by atoms with Gasteiger partial charge in [-0.25, -0.2) is 8.42 Å². The minimum Gasteiger partial charge on any atom is -0.381 e. The van der Waals surface area contributed by atoms with Gasteiger partial charge in [-0.3, -0.25) is 0 Å². The molecule has 0 amide bonds. The molecular formula is C11H21ClO3S. The fourth-order valence-corrected chi connectivity index (χ4v) is 4.13. The largest absolute Gasteiger partial charge is 0.381 e. The topological polar surface area (TPSA) is 43.4 Å². The number of ether oxygens (including phenoxy) is 1. The molecule has 1 saturated carbocycles. The zero-order valence-electron chi connectivity index (χ0n) is 10.0. The van der Waals surface area contributed by atoms with Crippen LogP contribution in [0.15, 0.2) is 0 Å². The van der Waals surface area contributed by atoms with Crippen molar-refractivity contribution in [2.75, 3.05) is 19.0 Å². The Morgan fingerprint density at radius 3 is 2.31 bits per heavy atom. The molecule has 0 aromatic heterocycles. The van der Waals surface area contributed by atoms with Crippen LogP contribution in [0.4, 0.5) is 0 Å². The summed E-state index contributed by atoms with van der Waals surface area (Å²) in [5.41, 5.74) is -0.227. The third-order valence-corrected chi connectivity index (χ3v) is 4.29. The molecule has 0 N–H and O–H groups in total. The monoisotopic (exact) mass is 268 g/mol. The average Bonchev–Trinajstić information content (AvgIpc) is 2.49. The van der Waals surface area contributed by atoms with Crippen LogP contribution in [0, 0.1) is 11.3 Å². The van der Waals surface area contributed by atoms with Crippen molar-refractivity contribution in [2.45, 2.75) is 39.5 Å². The van der Waals surface area contributed by atoms with Crippen molar-refractivity contribution in [1.29, 1.82) is 0 Å². The van der Waals surface area contributed by atoms with E-state index in [1.54, 1.807) is 0 Å². The standard InChI is InChI=1S/C11H21ClO3S/c1-10(2)7-15-8-11(5-3-4-6-11)9-16(12,13)14/h10H,3-9H2,1-2H3. The second-order valence-electron chi connectivity index (χ2n) is 5.30. The van der Waals surface area contributed by atoms with Crippen LogP contribution in [0.5, 0.6) is 0 Å². The van der Waals surface area contributed by atoms with Crippen LogP contribution >= 0.6 is 10.7 Å². The second-order valence-corrected chi connectivity index (χ2v) is 8.08. The zero-order chi connectivity index (χ0) is 12.2. The lowest BCUT2D eigenvalue weighted by atomic mass is 9.90. The molecule has 0 saturated heterocycles. The highest BCUT2D eigenvalue weighted by Crippen LogP contribution is 2.40. The normalized spacial score (nSPS) is 20.5. The molecule has 0 spiro atoms. The summed E-state index contributed by atoms with van der Waals surface area (Å²) < 4.78 is 28.0. The predicted molar refractivity (Wildman–Crippen MR) is 66.2 cm³/mol. The summed E-state index contributed by atoms with van der Waals surface area (Å²) in [6.45, 7) is 5.38. The first-order valence-corrected chi connectivity index (χ1v) is 8.31. The molecule has 0 unspecified atom stereocenters. The van der Waals surface area contributed by atoms with Crippen molar-refractivity contribution < 1.29 is 13.2 Å². The first kappa shape index (κ1) is 14.3. The molecule has 0 heterocycles. The van der Waals surface area contributed by atoms with Crippen molar-refractivity contribution in [1.82, 2.24) is 0 Å². The van der Waals surface area contributed by atoms with Gasteiger partial charge >= 0.3 is 0 Å². The summed E-state index contributed by atoms with van der Waals surface area (Å²) in [5, 5.41) is 0. The molecular weight excluding hydrogens is 248 g/mol. The van der Waals surface area contributed by atoms with Crippen molar-refractivity contribution in [3.8, 4) is 0 Å². The van der Waals surface area contributed by atoms with Crippen LogP contribution in [-0.4, -0.2) is 27.4 Å². The summed E-state index contributed by atoms with van der Waals surface area (Å²) >= 11 is 0. The molecule has 0 aromatic rings. The predicted octanol–water partition coefficient (Wildman–Crippen LogP) is 2.79. The Hall–Kier alpha value is 0.200. The molecule has 1 aliphatic rings. The lowest BCUT2D eigenvalue weighted by Crippen LogP contribution is -2.31. The minimum absolute atomic E-state index is 0.0552. The zero-order valence-corrected chi connectivity index (χ0v) is 11.6. The first-order chi connectivity index (χ1) is 7.33. The van der Waals surface area contributed by atoms with Crippen LogP contribution in [0.25, 0.3) is 0 Å². The molecule has 1 rings (SSSR count). The SMILES string of the molecule is CC(C)COCC1(CS(=O)(=O)Cl)CCCC1. The van der Waals surface area contributed by atoms with E-state index >= 15 is 0 Å². The van der Waals surface area contributed by atoms with Gasteiger partial charge in [0.25, 0.3) is 0 Å². The molecule has 3 nitrogen and oxygen atoms in total. The average molecular weight is 269 g/mol. The Bertz CT molecular complexity index is 305. The summed E-state index contributed by atoms with van der Waals surface area (Å²) in [4.78, 5) is 0. The maximum absolute atomic E-state index is 11.2. The van der Waals surface area contributed by atoms with Gasteiger partial charge in [0.1, 0.15) is 0 Å². The maximum Gasteiger partial charge on any atom is 0.233 e. The molecule has 0 bridgehead atoms. The van der Waals surface area contributed by atoms with Gasteiger partial charge in [0, 0.05) is 22.7 Å². The highest BCUT2D eigenvalue weighted by atomic mass is 35.7. The maximum atomic E-state index is 11.2. The lowest BCUT2D eigenvalue weighted by molar-refractivity contribution is 0.0430. The number of rotatable bonds is 6. The minimum atomic E-state index is -3.42. The molecule has 0 atom stereocenters. The third-order valence-electron chi connectivity index (χ3n) is 3.00. The van der Waals surface area contributed by atoms with Gasteiger partial charge in [-0.2, -0.15) is 0 Å². The first-order valence-electron chi connectivity index (χ1n) is 5.83. The molecule has 0 aliphatic heterocycles. The smallest absolute Gasteiger partial charge is 0.233 e. The highest BCUT2D eigenvalue weighted by Gasteiger charge is 2.38. The van der Waals surface area contributed by atoms with Gasteiger partial charge in [-0.1, -0.05) is 26.7 Å². The van der Waals surface area contributed by atoms with E-state index in [1.807, 2.05) is 0 Å². The van der Waals surface area contributed by atoms with Crippen molar-refractivity contribution in [3.63, 3.8) is 0 Å². The molecule has 1 aliphatic carbocycles. The van der Waals surface area contributed by atoms with E-state index in [-0.39, 0.29) is 11.2 Å². The van der Waals surface area contributed by atoms with Crippen molar-refractivity contribution >= 4 is 19.7 Å². The van der Waals surface area contributed by atoms with E-state index in [1.165, 1.54) is 0 Å². The second kappa shape index (κ2) is 5.69. The summed E-state index contributed by atoms with van der Waals surface area (Å²) in [7, 11) is 1.94. The van der Waals surface area contributed by atoms with Gasteiger partial charge in [0.2, 0.25) is 9.05 Å². The molecule has 0 aromatic carbocycles. The Morgan fingerprint density at radius 1 is 1.31 bits per heavy atom. The fourth-order valence-electron chi connectivity index (χ4n) is 2.33. The summed E-state index contributed by atoms with van der Waals surface area (Å²) in [5.74, 6) is 0.533. The van der Waals surface area contributed by atoms with Crippen LogP contribution < -0.4 is 0 Å². The van der Waals surface area contributed by atoms with Crippen LogP contribution in [0.1, 0.15) is 39.5 Å². The molecule has 5 heteroatoms. The van der Waals surface area contributed by atoms with Gasteiger partial charge < -0.3 is 4.74 Å². The lowest BCUT2D eigenvalue weighted by Gasteiger charge is -2.27. The van der Waals surface area contributed by atoms with E-state index in [0.29, 0.717) is 19.1 Å². The highest BCUT2D eigenvalue weighted by molar-refractivity contribution is 8.13. The van der Waals surface area contributed by atoms with E-state index in [2.05, 4.69) is 13.8 Å². The Morgan fingerprint density at radius 2 is 1.88 bits per heavy atom. The molecule has 1 fully saturated rings. The molecule has 96 valence electrons. The van der Waals surface area contributed by atoms with E-state index in [9.17, 15) is 8.42 Å². The van der Waals surface area contributed by atoms with Gasteiger partial charge in [-0.15, -0.1) is 0 Å². The molecule has 16 heavy (non-hydrogen) atoms.